The van der Waals surface area contributed by atoms with Crippen molar-refractivity contribution < 1.29 is 14.2 Å². The molecule has 3 nitrogen and oxygen atoms in total. The smallest absolute Gasteiger partial charge is 0.331 e. The summed E-state index contributed by atoms with van der Waals surface area (Å²) in [6, 6.07) is 9.16. The molecule has 0 spiro atoms. The highest BCUT2D eigenvalue weighted by atomic mass is 35.5. The number of hydrogen-bond donors (Lipinski definition) is 1. The van der Waals surface area contributed by atoms with Crippen molar-refractivity contribution in [3.63, 3.8) is 0 Å². The first-order valence-corrected chi connectivity index (χ1v) is 8.39. The molecule has 0 fully saturated rings. The highest BCUT2D eigenvalue weighted by Gasteiger charge is 2.36. The maximum atomic E-state index is 10.2. The third-order valence-corrected chi connectivity index (χ3v) is 5.00. The summed E-state index contributed by atoms with van der Waals surface area (Å²) in [5.41, 5.74) is 0.375. The third kappa shape index (κ3) is 3.04. The molecule has 1 aromatic heterocycles. The van der Waals surface area contributed by atoms with Crippen molar-refractivity contribution in [3.8, 4) is 0 Å². The number of fused-ring (bicyclic) bond motifs is 3. The summed E-state index contributed by atoms with van der Waals surface area (Å²) < 4.78 is 11.7. The Kier molecular flexibility index (Phi) is 4.37. The summed E-state index contributed by atoms with van der Waals surface area (Å²) in [5, 5.41) is 13.0. The van der Waals surface area contributed by atoms with E-state index in [0.29, 0.717) is 21.2 Å². The Morgan fingerprint density at radius 2 is 1.83 bits per heavy atom. The van der Waals surface area contributed by atoms with Gasteiger partial charge in [-0.3, -0.25) is 0 Å². The molecule has 6 heteroatoms. The fourth-order valence-electron chi connectivity index (χ4n) is 2.33. The van der Waals surface area contributed by atoms with Crippen molar-refractivity contribution in [1.29, 1.82) is 0 Å². The molecule has 0 saturated heterocycles. The topological polar surface area (TPSA) is 42.6 Å². The Morgan fingerprint density at radius 3 is 2.50 bits per heavy atom. The van der Waals surface area contributed by atoms with Crippen LogP contribution in [0.5, 0.6) is 0 Å². The van der Waals surface area contributed by atoms with Crippen LogP contribution in [-0.2, 0) is 4.65 Å². The minimum absolute atomic E-state index is 0.470. The molecule has 0 unspecified atom stereocenters. The molecule has 0 aliphatic carbocycles. The molecule has 1 N–H and O–H groups in total. The van der Waals surface area contributed by atoms with Gasteiger partial charge in [-0.1, -0.05) is 35.3 Å². The largest absolute Gasteiger partial charge is 0.455 e. The predicted molar refractivity (Wildman–Crippen MR) is 101 cm³/mol. The molecule has 0 amide bonds. The van der Waals surface area contributed by atoms with Crippen molar-refractivity contribution in [2.45, 2.75) is 38.9 Å². The molecular formula is C18H18BCl2O3. The van der Waals surface area contributed by atoms with Crippen LogP contribution < -0.4 is 5.46 Å². The van der Waals surface area contributed by atoms with Crippen LogP contribution in [0.4, 0.5) is 0 Å². The van der Waals surface area contributed by atoms with Gasteiger partial charge in [-0.15, -0.1) is 0 Å². The van der Waals surface area contributed by atoms with Crippen LogP contribution in [-0.4, -0.2) is 23.8 Å². The average molecular weight is 364 g/mol. The van der Waals surface area contributed by atoms with Gasteiger partial charge in [0.1, 0.15) is 5.58 Å². The van der Waals surface area contributed by atoms with Gasteiger partial charge in [-0.25, -0.2) is 0 Å². The summed E-state index contributed by atoms with van der Waals surface area (Å²) in [5.74, 6) is 0. The van der Waals surface area contributed by atoms with Gasteiger partial charge < -0.3 is 14.2 Å². The minimum Gasteiger partial charge on any atom is -0.455 e. The van der Waals surface area contributed by atoms with E-state index in [1.54, 1.807) is 27.4 Å². The molecule has 0 aliphatic heterocycles. The van der Waals surface area contributed by atoms with Crippen molar-refractivity contribution in [1.82, 2.24) is 0 Å². The van der Waals surface area contributed by atoms with Crippen LogP contribution in [0.2, 0.25) is 10.0 Å². The van der Waals surface area contributed by atoms with Crippen LogP contribution in [0.3, 0.4) is 0 Å². The number of aliphatic hydroxyl groups is 1. The van der Waals surface area contributed by atoms with Gasteiger partial charge in [0.2, 0.25) is 0 Å². The zero-order chi connectivity index (χ0) is 17.7. The van der Waals surface area contributed by atoms with E-state index >= 15 is 0 Å². The number of benzene rings is 2. The Labute approximate surface area is 151 Å². The molecule has 24 heavy (non-hydrogen) atoms. The number of furan rings is 1. The standard InChI is InChI=1S/C18H18BCl2O3/c1-17(2,22)18(3,4)24-19-12-6-5-7-14-15(12)11-8-10(20)9-13(21)16(11)23-14/h5-9,22H,1-4H3. The summed E-state index contributed by atoms with van der Waals surface area (Å²) in [6.45, 7) is 7.11. The first kappa shape index (κ1) is 17.6. The minimum atomic E-state index is -0.998. The monoisotopic (exact) mass is 363 g/mol. The van der Waals surface area contributed by atoms with Crippen LogP contribution in [0.15, 0.2) is 34.7 Å². The zero-order valence-corrected chi connectivity index (χ0v) is 15.5. The predicted octanol–water partition coefficient (Wildman–Crippen LogP) is 4.70. The molecule has 0 aliphatic rings. The second-order valence-electron chi connectivity index (χ2n) is 6.89. The number of halogens is 2. The summed E-state index contributed by atoms with van der Waals surface area (Å²) in [4.78, 5) is 0. The van der Waals surface area contributed by atoms with Gasteiger partial charge in [-0.2, -0.15) is 0 Å². The molecule has 0 saturated carbocycles. The summed E-state index contributed by atoms with van der Waals surface area (Å²) in [6.07, 6.45) is 0. The molecule has 3 aromatic rings. The van der Waals surface area contributed by atoms with Gasteiger partial charge in [0.25, 0.3) is 0 Å². The molecule has 3 rings (SSSR count). The Bertz CT molecular complexity index is 910. The van der Waals surface area contributed by atoms with E-state index in [4.69, 9.17) is 32.3 Å². The van der Waals surface area contributed by atoms with Gasteiger partial charge in [0.05, 0.1) is 16.2 Å². The van der Waals surface area contributed by atoms with Crippen molar-refractivity contribution >= 4 is 58.1 Å². The lowest BCUT2D eigenvalue weighted by molar-refractivity contribution is -0.0893. The van der Waals surface area contributed by atoms with E-state index in [1.807, 2.05) is 38.1 Å². The molecular weight excluding hydrogens is 346 g/mol. The van der Waals surface area contributed by atoms with E-state index < -0.39 is 11.2 Å². The third-order valence-electron chi connectivity index (χ3n) is 4.50. The van der Waals surface area contributed by atoms with E-state index in [0.717, 1.165) is 16.2 Å². The SMILES string of the molecule is CC(C)(O)C(C)(C)O[B]c1cccc2oc3c(Cl)cc(Cl)cc3c12. The molecule has 0 bridgehead atoms. The Hall–Kier alpha value is -1.20. The molecule has 2 aromatic carbocycles. The van der Waals surface area contributed by atoms with Crippen molar-refractivity contribution in [2.75, 3.05) is 0 Å². The van der Waals surface area contributed by atoms with Crippen molar-refractivity contribution in [2.24, 2.45) is 0 Å². The fraction of sp³-hybridized carbons (Fsp3) is 0.333. The Balaban J connectivity index is 2.09. The zero-order valence-electron chi connectivity index (χ0n) is 14.0. The first-order valence-electron chi connectivity index (χ1n) is 7.64. The summed E-state index contributed by atoms with van der Waals surface area (Å²) in [7, 11) is 1.64. The van der Waals surface area contributed by atoms with E-state index in [1.165, 1.54) is 0 Å². The van der Waals surface area contributed by atoms with E-state index in [9.17, 15) is 5.11 Å². The first-order chi connectivity index (χ1) is 11.1. The van der Waals surface area contributed by atoms with E-state index in [-0.39, 0.29) is 0 Å². The van der Waals surface area contributed by atoms with Gasteiger partial charge in [0, 0.05) is 15.8 Å². The highest BCUT2D eigenvalue weighted by molar-refractivity contribution is 6.53. The molecule has 1 heterocycles. The van der Waals surface area contributed by atoms with Crippen LogP contribution in [0.1, 0.15) is 27.7 Å². The normalized spacial score (nSPS) is 13.0. The molecule has 125 valence electrons. The quantitative estimate of drug-likeness (QED) is 0.683. The highest BCUT2D eigenvalue weighted by Crippen LogP contribution is 2.35. The van der Waals surface area contributed by atoms with Gasteiger partial charge >= 0.3 is 7.48 Å². The summed E-state index contributed by atoms with van der Waals surface area (Å²) >= 11 is 12.4. The van der Waals surface area contributed by atoms with Gasteiger partial charge in [0.15, 0.2) is 5.58 Å². The molecule has 0 atom stereocenters. The second kappa shape index (κ2) is 5.96. The lowest BCUT2D eigenvalue weighted by Crippen LogP contribution is -2.49. The Morgan fingerprint density at radius 1 is 1.12 bits per heavy atom. The number of hydrogen-bond acceptors (Lipinski definition) is 3. The number of rotatable bonds is 4. The average Bonchev–Trinajstić information content (AvgIpc) is 2.83. The lowest BCUT2D eigenvalue weighted by atomic mass is 9.80. The second-order valence-corrected chi connectivity index (χ2v) is 7.74. The molecule has 1 radical (unpaired) electrons. The maximum absolute atomic E-state index is 10.2. The van der Waals surface area contributed by atoms with Crippen molar-refractivity contribution in [3.05, 3.63) is 40.4 Å². The maximum Gasteiger partial charge on any atom is 0.331 e. The van der Waals surface area contributed by atoms with E-state index in [2.05, 4.69) is 0 Å². The van der Waals surface area contributed by atoms with Crippen LogP contribution >= 0.6 is 23.2 Å². The lowest BCUT2D eigenvalue weighted by Gasteiger charge is -2.37. The fourth-order valence-corrected chi connectivity index (χ4v) is 2.87. The van der Waals surface area contributed by atoms with Gasteiger partial charge in [-0.05, 0) is 51.4 Å². The van der Waals surface area contributed by atoms with Crippen LogP contribution in [0.25, 0.3) is 21.9 Å². The van der Waals surface area contributed by atoms with Crippen LogP contribution in [0, 0.1) is 0 Å².